The van der Waals surface area contributed by atoms with Crippen molar-refractivity contribution in [2.75, 3.05) is 13.1 Å². The maximum atomic E-state index is 12.5. The largest absolute Gasteiger partial charge is 0.350 e. The number of carbonyl (C=O) groups is 2. The second-order valence-corrected chi connectivity index (χ2v) is 7.49. The summed E-state index contributed by atoms with van der Waals surface area (Å²) in [6.45, 7) is 9.58. The van der Waals surface area contributed by atoms with Crippen molar-refractivity contribution in [3.05, 3.63) is 35.9 Å². The summed E-state index contributed by atoms with van der Waals surface area (Å²) in [6.07, 6.45) is 5.34. The molecular weight excluding hydrogens is 324 g/mol. The van der Waals surface area contributed by atoms with E-state index in [9.17, 15) is 9.59 Å². The van der Waals surface area contributed by atoms with Gasteiger partial charge in [-0.15, -0.1) is 0 Å². The molecule has 0 bridgehead atoms. The third-order valence-corrected chi connectivity index (χ3v) is 4.47. The van der Waals surface area contributed by atoms with E-state index in [2.05, 4.69) is 26.1 Å². The quantitative estimate of drug-likeness (QED) is 0.549. The molecule has 1 N–H and O–H groups in total. The highest BCUT2D eigenvalue weighted by Gasteiger charge is 2.17. The third-order valence-electron chi connectivity index (χ3n) is 4.47. The van der Waals surface area contributed by atoms with Crippen LogP contribution in [0, 0.1) is 5.92 Å². The van der Waals surface area contributed by atoms with Crippen molar-refractivity contribution >= 4 is 11.8 Å². The minimum atomic E-state index is -0.0213. The van der Waals surface area contributed by atoms with E-state index < -0.39 is 0 Å². The van der Waals surface area contributed by atoms with Gasteiger partial charge >= 0.3 is 0 Å². The molecule has 1 atom stereocenters. The van der Waals surface area contributed by atoms with Gasteiger partial charge in [-0.3, -0.25) is 9.59 Å². The number of nitrogens with one attached hydrogen (secondary N) is 1. The van der Waals surface area contributed by atoms with E-state index in [0.717, 1.165) is 18.4 Å². The number of rotatable bonds is 12. The van der Waals surface area contributed by atoms with Crippen LogP contribution in [0.3, 0.4) is 0 Å². The maximum Gasteiger partial charge on any atom is 0.222 e. The Bertz CT molecular complexity index is 528. The first-order valence-electron chi connectivity index (χ1n) is 10.1. The molecule has 0 heterocycles. The third kappa shape index (κ3) is 9.02. The van der Waals surface area contributed by atoms with Gasteiger partial charge in [-0.2, -0.15) is 0 Å². The van der Waals surface area contributed by atoms with Crippen LogP contribution in [0.5, 0.6) is 0 Å². The summed E-state index contributed by atoms with van der Waals surface area (Å²) in [5.74, 6) is 0.577. The highest BCUT2D eigenvalue weighted by atomic mass is 16.2. The average Bonchev–Trinajstić information content (AvgIpc) is 2.62. The summed E-state index contributed by atoms with van der Waals surface area (Å²) >= 11 is 0. The Labute approximate surface area is 159 Å². The Hall–Kier alpha value is -1.84. The fraction of sp³-hybridized carbons (Fsp3) is 0.636. The van der Waals surface area contributed by atoms with Gasteiger partial charge in [0.2, 0.25) is 11.8 Å². The number of hydrogen-bond donors (Lipinski definition) is 1. The van der Waals surface area contributed by atoms with Crippen molar-refractivity contribution < 1.29 is 9.59 Å². The Kier molecular flexibility index (Phi) is 10.7. The fourth-order valence-electron chi connectivity index (χ4n) is 2.99. The van der Waals surface area contributed by atoms with Gasteiger partial charge in [-0.1, -0.05) is 70.4 Å². The Morgan fingerprint density at radius 3 is 2.31 bits per heavy atom. The number of unbranched alkanes of at least 4 members (excludes halogenated alkanes) is 3. The predicted molar refractivity (Wildman–Crippen MR) is 108 cm³/mol. The summed E-state index contributed by atoms with van der Waals surface area (Å²) in [7, 11) is 0. The predicted octanol–water partition coefficient (Wildman–Crippen LogP) is 4.71. The molecule has 0 aliphatic carbocycles. The van der Waals surface area contributed by atoms with Crippen molar-refractivity contribution in [1.29, 1.82) is 0 Å². The maximum absolute atomic E-state index is 12.5. The lowest BCUT2D eigenvalue weighted by molar-refractivity contribution is -0.132. The first kappa shape index (κ1) is 22.2. The van der Waals surface area contributed by atoms with E-state index in [1.165, 1.54) is 12.8 Å². The molecular formula is C22H36N2O2. The van der Waals surface area contributed by atoms with Crippen LogP contribution in [0.1, 0.15) is 77.8 Å². The standard InChI is InChI=1S/C22H36N2O2/c1-5-6-7-11-14-22(26)24(17-18(2)3)16-15-21(25)23-19(4)20-12-9-8-10-13-20/h8-10,12-13,18-19H,5-7,11,14-17H2,1-4H3,(H,23,25). The van der Waals surface area contributed by atoms with Crippen molar-refractivity contribution in [3.63, 3.8) is 0 Å². The smallest absolute Gasteiger partial charge is 0.222 e. The molecule has 1 aromatic carbocycles. The Morgan fingerprint density at radius 2 is 1.69 bits per heavy atom. The Morgan fingerprint density at radius 1 is 1.00 bits per heavy atom. The molecule has 0 fully saturated rings. The fourth-order valence-corrected chi connectivity index (χ4v) is 2.99. The number of hydrogen-bond acceptors (Lipinski definition) is 2. The molecule has 0 aromatic heterocycles. The summed E-state index contributed by atoms with van der Waals surface area (Å²) in [5.41, 5.74) is 1.09. The molecule has 146 valence electrons. The van der Waals surface area contributed by atoms with Gasteiger partial charge in [-0.25, -0.2) is 0 Å². The monoisotopic (exact) mass is 360 g/mol. The topological polar surface area (TPSA) is 49.4 Å². The Balaban J connectivity index is 2.46. The lowest BCUT2D eigenvalue weighted by Gasteiger charge is -2.25. The zero-order valence-corrected chi connectivity index (χ0v) is 17.0. The molecule has 0 spiro atoms. The molecule has 4 nitrogen and oxygen atoms in total. The van der Waals surface area contributed by atoms with Gasteiger partial charge in [0.25, 0.3) is 0 Å². The van der Waals surface area contributed by atoms with Crippen molar-refractivity contribution in [1.82, 2.24) is 10.2 Å². The number of nitrogens with zero attached hydrogens (tertiary/aromatic N) is 1. The SMILES string of the molecule is CCCCCCC(=O)N(CCC(=O)NC(C)c1ccccc1)CC(C)C. The van der Waals surface area contributed by atoms with Gasteiger partial charge in [0, 0.05) is 25.9 Å². The van der Waals surface area contributed by atoms with Gasteiger partial charge in [0.15, 0.2) is 0 Å². The lowest BCUT2D eigenvalue weighted by atomic mass is 10.1. The van der Waals surface area contributed by atoms with Gasteiger partial charge in [0.1, 0.15) is 0 Å². The molecule has 0 saturated heterocycles. The summed E-state index contributed by atoms with van der Waals surface area (Å²) in [5, 5.41) is 3.03. The van der Waals surface area contributed by atoms with Crippen LogP contribution in [0.2, 0.25) is 0 Å². The van der Waals surface area contributed by atoms with E-state index >= 15 is 0 Å². The van der Waals surface area contributed by atoms with Crippen LogP contribution in [0.15, 0.2) is 30.3 Å². The van der Waals surface area contributed by atoms with Gasteiger partial charge in [0.05, 0.1) is 6.04 Å². The molecule has 1 unspecified atom stereocenters. The minimum absolute atomic E-state index is 0.00566. The molecule has 1 rings (SSSR count). The number of amides is 2. The average molecular weight is 361 g/mol. The molecule has 0 saturated carbocycles. The normalized spacial score (nSPS) is 12.0. The van der Waals surface area contributed by atoms with Crippen LogP contribution >= 0.6 is 0 Å². The van der Waals surface area contributed by atoms with Gasteiger partial charge in [-0.05, 0) is 24.8 Å². The summed E-state index contributed by atoms with van der Waals surface area (Å²) in [4.78, 5) is 26.6. The molecule has 0 aliphatic heterocycles. The van der Waals surface area contributed by atoms with Crippen LogP contribution in [0.4, 0.5) is 0 Å². The molecule has 0 aliphatic rings. The van der Waals surface area contributed by atoms with Gasteiger partial charge < -0.3 is 10.2 Å². The zero-order valence-electron chi connectivity index (χ0n) is 17.0. The minimum Gasteiger partial charge on any atom is -0.350 e. The molecule has 4 heteroatoms. The highest BCUT2D eigenvalue weighted by molar-refractivity contribution is 5.79. The van der Waals surface area contributed by atoms with E-state index in [4.69, 9.17) is 0 Å². The first-order valence-corrected chi connectivity index (χ1v) is 10.1. The van der Waals surface area contributed by atoms with Crippen LogP contribution < -0.4 is 5.32 Å². The molecule has 26 heavy (non-hydrogen) atoms. The van der Waals surface area contributed by atoms with E-state index in [-0.39, 0.29) is 17.9 Å². The van der Waals surface area contributed by atoms with Crippen molar-refractivity contribution in [2.24, 2.45) is 5.92 Å². The molecule has 1 aromatic rings. The van der Waals surface area contributed by atoms with Crippen LogP contribution in [-0.2, 0) is 9.59 Å². The highest BCUT2D eigenvalue weighted by Crippen LogP contribution is 2.12. The second kappa shape index (κ2) is 12.5. The first-order chi connectivity index (χ1) is 12.4. The zero-order chi connectivity index (χ0) is 19.4. The van der Waals surface area contributed by atoms with Crippen molar-refractivity contribution in [2.45, 2.75) is 72.3 Å². The van der Waals surface area contributed by atoms with Crippen molar-refractivity contribution in [3.8, 4) is 0 Å². The van der Waals surface area contributed by atoms with E-state index in [0.29, 0.717) is 31.8 Å². The molecule has 2 amide bonds. The molecule has 0 radical (unpaired) electrons. The number of carbonyl (C=O) groups excluding carboxylic acids is 2. The van der Waals surface area contributed by atoms with E-state index in [1.807, 2.05) is 42.2 Å². The summed E-state index contributed by atoms with van der Waals surface area (Å²) in [6, 6.07) is 9.91. The van der Waals surface area contributed by atoms with Crippen LogP contribution in [0.25, 0.3) is 0 Å². The van der Waals surface area contributed by atoms with Crippen LogP contribution in [-0.4, -0.2) is 29.8 Å². The number of benzene rings is 1. The second-order valence-electron chi connectivity index (χ2n) is 7.49. The van der Waals surface area contributed by atoms with E-state index in [1.54, 1.807) is 0 Å². The lowest BCUT2D eigenvalue weighted by Crippen LogP contribution is -2.37. The summed E-state index contributed by atoms with van der Waals surface area (Å²) < 4.78 is 0.